The van der Waals surface area contributed by atoms with E-state index in [1.165, 1.54) is 6.42 Å². The van der Waals surface area contributed by atoms with Crippen LogP contribution in [0.4, 0.5) is 0 Å². The van der Waals surface area contributed by atoms with Crippen molar-refractivity contribution in [2.45, 2.75) is 31.2 Å². The van der Waals surface area contributed by atoms with Crippen LogP contribution in [0.2, 0.25) is 0 Å². The maximum atomic E-state index is 5.58. The fraction of sp³-hybridized carbons (Fsp3) is 0.556. The average molecular weight is 199 g/mol. The van der Waals surface area contributed by atoms with Crippen molar-refractivity contribution in [3.05, 3.63) is 18.1 Å². The van der Waals surface area contributed by atoms with E-state index in [0.29, 0.717) is 17.9 Å². The molecule has 1 saturated carbocycles. The summed E-state index contributed by atoms with van der Waals surface area (Å²) in [6.45, 7) is 0. The minimum absolute atomic E-state index is 0.358. The van der Waals surface area contributed by atoms with Crippen LogP contribution in [-0.4, -0.2) is 16.1 Å². The lowest BCUT2D eigenvalue weighted by Crippen LogP contribution is -2.25. The lowest BCUT2D eigenvalue weighted by molar-refractivity contribution is 0.114. The van der Waals surface area contributed by atoms with Gasteiger partial charge in [0, 0.05) is 0 Å². The van der Waals surface area contributed by atoms with E-state index in [1.807, 2.05) is 0 Å². The standard InChI is InChI=1S/C9H11ClN2O/c10-4-7-5-12-9(6-11-7)13-8-2-1-3-8/h5-6,8H,1-4H2. The second-order valence-corrected chi connectivity index (χ2v) is 3.42. The number of hydrogen-bond donors (Lipinski definition) is 0. The molecule has 0 N–H and O–H groups in total. The Bertz CT molecular complexity index is 271. The van der Waals surface area contributed by atoms with Crippen molar-refractivity contribution in [2.75, 3.05) is 0 Å². The van der Waals surface area contributed by atoms with Crippen LogP contribution in [0.15, 0.2) is 12.4 Å². The summed E-state index contributed by atoms with van der Waals surface area (Å²) < 4.78 is 5.53. The van der Waals surface area contributed by atoms with Gasteiger partial charge in [-0.1, -0.05) is 0 Å². The first-order valence-corrected chi connectivity index (χ1v) is 4.95. The van der Waals surface area contributed by atoms with Gasteiger partial charge in [0.15, 0.2) is 0 Å². The van der Waals surface area contributed by atoms with Crippen molar-refractivity contribution >= 4 is 11.6 Å². The van der Waals surface area contributed by atoms with Gasteiger partial charge in [0.1, 0.15) is 6.10 Å². The summed E-state index contributed by atoms with van der Waals surface area (Å²) >= 11 is 5.58. The van der Waals surface area contributed by atoms with E-state index in [4.69, 9.17) is 16.3 Å². The van der Waals surface area contributed by atoms with Crippen LogP contribution < -0.4 is 4.74 Å². The van der Waals surface area contributed by atoms with E-state index in [1.54, 1.807) is 12.4 Å². The van der Waals surface area contributed by atoms with E-state index in [0.717, 1.165) is 18.5 Å². The third-order valence-corrected chi connectivity index (χ3v) is 2.43. The average Bonchev–Trinajstić information content (AvgIpc) is 2.12. The Morgan fingerprint density at radius 2 is 2.23 bits per heavy atom. The second-order valence-electron chi connectivity index (χ2n) is 3.15. The van der Waals surface area contributed by atoms with Crippen molar-refractivity contribution < 1.29 is 4.74 Å². The monoisotopic (exact) mass is 198 g/mol. The quantitative estimate of drug-likeness (QED) is 0.699. The highest BCUT2D eigenvalue weighted by molar-refractivity contribution is 6.16. The largest absolute Gasteiger partial charge is 0.473 e. The molecule has 0 spiro atoms. The van der Waals surface area contributed by atoms with Crippen LogP contribution in [0.25, 0.3) is 0 Å². The number of aromatic nitrogens is 2. The van der Waals surface area contributed by atoms with Gasteiger partial charge in [-0.05, 0) is 19.3 Å². The number of rotatable bonds is 3. The molecule has 0 unspecified atom stereocenters. The van der Waals surface area contributed by atoms with Crippen molar-refractivity contribution in [2.24, 2.45) is 0 Å². The first-order chi connectivity index (χ1) is 6.38. The predicted molar refractivity (Wildman–Crippen MR) is 49.9 cm³/mol. The van der Waals surface area contributed by atoms with E-state index >= 15 is 0 Å². The highest BCUT2D eigenvalue weighted by Crippen LogP contribution is 2.23. The lowest BCUT2D eigenvalue weighted by Gasteiger charge is -2.25. The molecule has 1 aromatic heterocycles. The maximum Gasteiger partial charge on any atom is 0.232 e. The number of ether oxygens (including phenoxy) is 1. The minimum atomic E-state index is 0.358. The first kappa shape index (κ1) is 8.75. The van der Waals surface area contributed by atoms with Crippen LogP contribution in [0, 0.1) is 0 Å². The Balaban J connectivity index is 1.96. The van der Waals surface area contributed by atoms with Gasteiger partial charge in [0.2, 0.25) is 5.88 Å². The molecule has 1 aromatic rings. The summed E-state index contributed by atoms with van der Waals surface area (Å²) in [5.74, 6) is 1.01. The molecule has 1 aliphatic rings. The third-order valence-electron chi connectivity index (χ3n) is 2.16. The van der Waals surface area contributed by atoms with Crippen LogP contribution >= 0.6 is 11.6 Å². The van der Waals surface area contributed by atoms with Gasteiger partial charge in [-0.2, -0.15) is 0 Å². The summed E-state index contributed by atoms with van der Waals surface area (Å²) in [6.07, 6.45) is 7.18. The molecular formula is C9H11ClN2O. The summed E-state index contributed by atoms with van der Waals surface area (Å²) in [5, 5.41) is 0. The first-order valence-electron chi connectivity index (χ1n) is 4.42. The van der Waals surface area contributed by atoms with Gasteiger partial charge in [-0.25, -0.2) is 4.98 Å². The van der Waals surface area contributed by atoms with Crippen LogP contribution in [0.3, 0.4) is 0 Å². The van der Waals surface area contributed by atoms with Gasteiger partial charge in [-0.3, -0.25) is 4.98 Å². The van der Waals surface area contributed by atoms with Crippen LogP contribution in [0.1, 0.15) is 25.0 Å². The van der Waals surface area contributed by atoms with E-state index in [-0.39, 0.29) is 0 Å². The molecule has 70 valence electrons. The van der Waals surface area contributed by atoms with Gasteiger partial charge < -0.3 is 4.74 Å². The molecule has 0 radical (unpaired) electrons. The molecule has 1 fully saturated rings. The van der Waals surface area contributed by atoms with Crippen molar-refractivity contribution in [3.63, 3.8) is 0 Å². The number of hydrogen-bond acceptors (Lipinski definition) is 3. The topological polar surface area (TPSA) is 35.0 Å². The normalized spacial score (nSPS) is 16.7. The molecule has 0 amide bonds. The fourth-order valence-electron chi connectivity index (χ4n) is 1.13. The molecule has 0 aliphatic heterocycles. The molecule has 1 aliphatic carbocycles. The highest BCUT2D eigenvalue weighted by atomic mass is 35.5. The Morgan fingerprint density at radius 1 is 1.38 bits per heavy atom. The maximum absolute atomic E-state index is 5.58. The minimum Gasteiger partial charge on any atom is -0.473 e. The number of alkyl halides is 1. The van der Waals surface area contributed by atoms with Crippen molar-refractivity contribution in [1.82, 2.24) is 9.97 Å². The second kappa shape index (κ2) is 3.92. The molecule has 3 nitrogen and oxygen atoms in total. The highest BCUT2D eigenvalue weighted by Gasteiger charge is 2.19. The summed E-state index contributed by atoms with van der Waals surface area (Å²) in [6, 6.07) is 0. The molecule has 0 bridgehead atoms. The molecule has 1 heterocycles. The Morgan fingerprint density at radius 3 is 2.69 bits per heavy atom. The molecular weight excluding hydrogens is 188 g/mol. The molecule has 0 aromatic carbocycles. The summed E-state index contributed by atoms with van der Waals surface area (Å²) in [5.41, 5.74) is 0.780. The lowest BCUT2D eigenvalue weighted by atomic mass is 9.96. The van der Waals surface area contributed by atoms with Gasteiger partial charge >= 0.3 is 0 Å². The van der Waals surface area contributed by atoms with Gasteiger partial charge in [0.25, 0.3) is 0 Å². The smallest absolute Gasteiger partial charge is 0.232 e. The summed E-state index contributed by atoms with van der Waals surface area (Å²) in [4.78, 5) is 8.19. The van der Waals surface area contributed by atoms with Crippen LogP contribution in [-0.2, 0) is 5.88 Å². The molecule has 2 rings (SSSR count). The van der Waals surface area contributed by atoms with Gasteiger partial charge in [-0.15, -0.1) is 11.6 Å². The molecule has 0 saturated heterocycles. The predicted octanol–water partition coefficient (Wildman–Crippen LogP) is 2.15. The Kier molecular flexibility index (Phi) is 2.64. The SMILES string of the molecule is ClCc1cnc(OC2CCC2)cn1. The van der Waals surface area contributed by atoms with E-state index in [2.05, 4.69) is 9.97 Å². The molecule has 4 heteroatoms. The molecule has 0 atom stereocenters. The van der Waals surface area contributed by atoms with Crippen molar-refractivity contribution in [1.29, 1.82) is 0 Å². The zero-order valence-electron chi connectivity index (χ0n) is 7.24. The van der Waals surface area contributed by atoms with E-state index in [9.17, 15) is 0 Å². The fourth-order valence-corrected chi connectivity index (χ4v) is 1.27. The van der Waals surface area contributed by atoms with Crippen LogP contribution in [0.5, 0.6) is 5.88 Å². The van der Waals surface area contributed by atoms with E-state index < -0.39 is 0 Å². The Hall–Kier alpha value is -0.830. The summed E-state index contributed by atoms with van der Waals surface area (Å²) in [7, 11) is 0. The Labute approximate surface area is 82.1 Å². The molecule has 13 heavy (non-hydrogen) atoms. The number of halogens is 1. The zero-order valence-corrected chi connectivity index (χ0v) is 8.00. The zero-order chi connectivity index (χ0) is 9.10. The third kappa shape index (κ3) is 2.10. The van der Waals surface area contributed by atoms with Gasteiger partial charge in [0.05, 0.1) is 24.0 Å². The number of nitrogens with zero attached hydrogens (tertiary/aromatic N) is 2. The van der Waals surface area contributed by atoms with Crippen molar-refractivity contribution in [3.8, 4) is 5.88 Å².